The summed E-state index contributed by atoms with van der Waals surface area (Å²) < 4.78 is 5.03. The maximum absolute atomic E-state index is 12.1. The molecule has 0 saturated carbocycles. The molecule has 0 unspecified atom stereocenters. The molecule has 0 fully saturated rings. The standard InChI is InChI=1S/C17H14Cl2N2O4/c1-10(25-17(24)12-8-5-9-13(18)14(12)19)15(22)20-21-16(23)11-6-3-2-4-7-11/h2-10H,1H3,(H,20,22)(H,21,23)/t10-/m0/s1. The fourth-order valence-corrected chi connectivity index (χ4v) is 2.20. The van der Waals surface area contributed by atoms with Crippen LogP contribution in [0.25, 0.3) is 0 Å². The van der Waals surface area contributed by atoms with Crippen molar-refractivity contribution in [2.45, 2.75) is 13.0 Å². The highest BCUT2D eigenvalue weighted by Crippen LogP contribution is 2.26. The third-order valence-corrected chi connectivity index (χ3v) is 3.98. The van der Waals surface area contributed by atoms with Crippen LogP contribution in [0, 0.1) is 0 Å². The van der Waals surface area contributed by atoms with E-state index in [9.17, 15) is 14.4 Å². The lowest BCUT2D eigenvalue weighted by atomic mass is 10.2. The van der Waals surface area contributed by atoms with Crippen LogP contribution in [0.5, 0.6) is 0 Å². The van der Waals surface area contributed by atoms with Crippen molar-refractivity contribution in [1.82, 2.24) is 10.9 Å². The monoisotopic (exact) mass is 380 g/mol. The number of benzene rings is 2. The summed E-state index contributed by atoms with van der Waals surface area (Å²) in [4.78, 5) is 35.8. The number of hydrogen-bond donors (Lipinski definition) is 2. The molecule has 0 spiro atoms. The topological polar surface area (TPSA) is 84.5 Å². The van der Waals surface area contributed by atoms with E-state index in [0.717, 1.165) is 0 Å². The first kappa shape index (κ1) is 18.8. The number of nitrogens with one attached hydrogen (secondary N) is 2. The zero-order chi connectivity index (χ0) is 18.4. The number of hydrogen-bond acceptors (Lipinski definition) is 4. The first-order valence-electron chi connectivity index (χ1n) is 7.20. The molecule has 1 atom stereocenters. The largest absolute Gasteiger partial charge is 0.449 e. The van der Waals surface area contributed by atoms with Gasteiger partial charge in [0, 0.05) is 5.56 Å². The zero-order valence-electron chi connectivity index (χ0n) is 13.1. The van der Waals surface area contributed by atoms with Crippen LogP contribution in [0.3, 0.4) is 0 Å². The van der Waals surface area contributed by atoms with Crippen LogP contribution in [0.4, 0.5) is 0 Å². The van der Waals surface area contributed by atoms with E-state index < -0.39 is 23.9 Å². The van der Waals surface area contributed by atoms with Gasteiger partial charge in [0.15, 0.2) is 6.10 Å². The Kier molecular flexibility index (Phi) is 6.38. The Morgan fingerprint density at radius 2 is 1.64 bits per heavy atom. The van der Waals surface area contributed by atoms with Gasteiger partial charge in [-0.25, -0.2) is 4.79 Å². The Labute approximate surface area is 154 Å². The minimum Gasteiger partial charge on any atom is -0.449 e. The van der Waals surface area contributed by atoms with Gasteiger partial charge in [-0.3, -0.25) is 20.4 Å². The second kappa shape index (κ2) is 8.50. The van der Waals surface area contributed by atoms with E-state index in [1.165, 1.54) is 25.1 Å². The quantitative estimate of drug-likeness (QED) is 0.630. The fourth-order valence-electron chi connectivity index (χ4n) is 1.82. The summed E-state index contributed by atoms with van der Waals surface area (Å²) in [6.07, 6.45) is -1.15. The lowest BCUT2D eigenvalue weighted by molar-refractivity contribution is -0.129. The number of esters is 1. The average Bonchev–Trinajstić information content (AvgIpc) is 2.62. The Bertz CT molecular complexity index is 796. The first-order valence-corrected chi connectivity index (χ1v) is 7.96. The number of hydrazine groups is 1. The summed E-state index contributed by atoms with van der Waals surface area (Å²) in [6, 6.07) is 12.8. The van der Waals surface area contributed by atoms with Crippen LogP contribution in [-0.4, -0.2) is 23.9 Å². The highest BCUT2D eigenvalue weighted by atomic mass is 35.5. The van der Waals surface area contributed by atoms with Gasteiger partial charge in [-0.2, -0.15) is 0 Å². The molecule has 0 radical (unpaired) electrons. The number of halogens is 2. The second-order valence-corrected chi connectivity index (χ2v) is 5.74. The van der Waals surface area contributed by atoms with Crippen molar-refractivity contribution in [3.63, 3.8) is 0 Å². The number of amides is 2. The van der Waals surface area contributed by atoms with Crippen molar-refractivity contribution >= 4 is 41.0 Å². The maximum atomic E-state index is 12.1. The van der Waals surface area contributed by atoms with Gasteiger partial charge in [0.1, 0.15) is 0 Å². The molecule has 0 aliphatic rings. The van der Waals surface area contributed by atoms with Crippen molar-refractivity contribution < 1.29 is 19.1 Å². The number of ether oxygens (including phenoxy) is 1. The lowest BCUT2D eigenvalue weighted by Gasteiger charge is -2.14. The molecule has 2 N–H and O–H groups in total. The van der Waals surface area contributed by atoms with Gasteiger partial charge >= 0.3 is 5.97 Å². The molecule has 0 saturated heterocycles. The van der Waals surface area contributed by atoms with Crippen LogP contribution >= 0.6 is 23.2 Å². The normalized spacial score (nSPS) is 11.3. The molecule has 2 aromatic rings. The van der Waals surface area contributed by atoms with Crippen LogP contribution in [0.2, 0.25) is 10.0 Å². The summed E-state index contributed by atoms with van der Waals surface area (Å²) in [5, 5.41) is 0.238. The van der Waals surface area contributed by atoms with Gasteiger partial charge in [-0.1, -0.05) is 47.5 Å². The number of carbonyl (C=O) groups is 3. The minimum atomic E-state index is -1.15. The molecule has 0 aromatic heterocycles. The molecule has 0 aliphatic heterocycles. The number of rotatable bonds is 4. The summed E-state index contributed by atoms with van der Waals surface area (Å²) in [7, 11) is 0. The van der Waals surface area contributed by atoms with E-state index in [1.54, 1.807) is 30.3 Å². The molecule has 2 rings (SSSR count). The van der Waals surface area contributed by atoms with Crippen molar-refractivity contribution in [2.75, 3.05) is 0 Å². The molecular weight excluding hydrogens is 367 g/mol. The highest BCUT2D eigenvalue weighted by Gasteiger charge is 2.21. The predicted octanol–water partition coefficient (Wildman–Crippen LogP) is 3.00. The zero-order valence-corrected chi connectivity index (χ0v) is 14.6. The average molecular weight is 381 g/mol. The molecule has 25 heavy (non-hydrogen) atoms. The van der Waals surface area contributed by atoms with Crippen molar-refractivity contribution in [1.29, 1.82) is 0 Å². The van der Waals surface area contributed by atoms with Gasteiger partial charge in [-0.15, -0.1) is 0 Å². The van der Waals surface area contributed by atoms with E-state index in [4.69, 9.17) is 27.9 Å². The fraction of sp³-hybridized carbons (Fsp3) is 0.118. The van der Waals surface area contributed by atoms with E-state index in [1.807, 2.05) is 0 Å². The van der Waals surface area contributed by atoms with Gasteiger partial charge in [0.2, 0.25) is 0 Å². The Morgan fingerprint density at radius 1 is 0.960 bits per heavy atom. The Balaban J connectivity index is 1.91. The Morgan fingerprint density at radius 3 is 2.32 bits per heavy atom. The summed E-state index contributed by atoms with van der Waals surface area (Å²) >= 11 is 11.8. The molecule has 6 nitrogen and oxygen atoms in total. The minimum absolute atomic E-state index is 0.0409. The molecule has 0 aliphatic carbocycles. The number of carbonyl (C=O) groups excluding carboxylic acids is 3. The SMILES string of the molecule is C[C@H](OC(=O)c1cccc(Cl)c1Cl)C(=O)NNC(=O)c1ccccc1. The first-order chi connectivity index (χ1) is 11.9. The maximum Gasteiger partial charge on any atom is 0.340 e. The van der Waals surface area contributed by atoms with Crippen LogP contribution < -0.4 is 10.9 Å². The van der Waals surface area contributed by atoms with E-state index >= 15 is 0 Å². The van der Waals surface area contributed by atoms with E-state index in [2.05, 4.69) is 10.9 Å². The van der Waals surface area contributed by atoms with Gasteiger partial charge in [0.05, 0.1) is 15.6 Å². The van der Waals surface area contributed by atoms with Gasteiger partial charge in [-0.05, 0) is 31.2 Å². The van der Waals surface area contributed by atoms with Gasteiger partial charge < -0.3 is 4.74 Å². The van der Waals surface area contributed by atoms with Crippen LogP contribution in [0.1, 0.15) is 27.6 Å². The smallest absolute Gasteiger partial charge is 0.340 e. The van der Waals surface area contributed by atoms with Crippen molar-refractivity contribution in [3.05, 3.63) is 69.7 Å². The third-order valence-electron chi connectivity index (χ3n) is 3.16. The van der Waals surface area contributed by atoms with E-state index in [0.29, 0.717) is 5.56 Å². The van der Waals surface area contributed by atoms with Crippen molar-refractivity contribution in [2.24, 2.45) is 0 Å². The van der Waals surface area contributed by atoms with Crippen LogP contribution in [0.15, 0.2) is 48.5 Å². The highest BCUT2D eigenvalue weighted by molar-refractivity contribution is 6.43. The molecule has 130 valence electrons. The summed E-state index contributed by atoms with van der Waals surface area (Å²) in [6.45, 7) is 1.36. The lowest BCUT2D eigenvalue weighted by Crippen LogP contribution is -2.46. The molecule has 0 bridgehead atoms. The molecular formula is C17H14Cl2N2O4. The second-order valence-electron chi connectivity index (χ2n) is 4.96. The third kappa shape index (κ3) is 4.95. The summed E-state index contributed by atoms with van der Waals surface area (Å²) in [5.41, 5.74) is 4.84. The molecule has 2 amide bonds. The predicted molar refractivity (Wildman–Crippen MR) is 93.4 cm³/mol. The van der Waals surface area contributed by atoms with E-state index in [-0.39, 0.29) is 15.6 Å². The molecule has 8 heteroatoms. The van der Waals surface area contributed by atoms with Crippen LogP contribution in [-0.2, 0) is 9.53 Å². The molecule has 0 heterocycles. The van der Waals surface area contributed by atoms with Gasteiger partial charge in [0.25, 0.3) is 11.8 Å². The Hall–Kier alpha value is -2.57. The molecule has 2 aromatic carbocycles. The van der Waals surface area contributed by atoms with Crippen molar-refractivity contribution in [3.8, 4) is 0 Å². The summed E-state index contributed by atoms with van der Waals surface area (Å²) in [5.74, 6) is -1.99.